The van der Waals surface area contributed by atoms with Gasteiger partial charge in [-0.15, -0.1) is 11.8 Å². The molecule has 2 N–H and O–H groups in total. The van der Waals surface area contributed by atoms with Gasteiger partial charge in [0.15, 0.2) is 12.4 Å². The van der Waals surface area contributed by atoms with Crippen molar-refractivity contribution in [3.8, 4) is 0 Å². The highest BCUT2D eigenvalue weighted by Crippen LogP contribution is 2.21. The van der Waals surface area contributed by atoms with Gasteiger partial charge in [0.2, 0.25) is 6.54 Å². The van der Waals surface area contributed by atoms with Gasteiger partial charge in [-0.2, -0.15) is 4.57 Å². The molecule has 1 aromatic heterocycles. The average molecular weight is 318 g/mol. The summed E-state index contributed by atoms with van der Waals surface area (Å²) in [6.07, 6.45) is 3.46. The van der Waals surface area contributed by atoms with E-state index in [1.807, 2.05) is 0 Å². The maximum absolute atomic E-state index is 12.2. The van der Waals surface area contributed by atoms with Crippen molar-refractivity contribution in [1.82, 2.24) is 4.90 Å². The fraction of sp³-hybridized carbons (Fsp3) is 0.417. The standard InChI is InChI=1S/C12H16N3O3S.ClH/c1-18-12(17)10-7-19-8-15(10)11(16)6-14-4-2-3-9(13)5-14;/h2-5,10H,6-8,13H2,1H3;1H/q+1;/p-1. The minimum Gasteiger partial charge on any atom is -1.00 e. The molecule has 2 heterocycles. The number of pyridine rings is 1. The second kappa shape index (κ2) is 7.35. The predicted octanol–water partition coefficient (Wildman–Crippen LogP) is -3.37. The van der Waals surface area contributed by atoms with Gasteiger partial charge in [0.1, 0.15) is 6.04 Å². The third-order valence-corrected chi connectivity index (χ3v) is 3.89. The van der Waals surface area contributed by atoms with Crippen LogP contribution in [0.1, 0.15) is 0 Å². The van der Waals surface area contributed by atoms with Gasteiger partial charge >= 0.3 is 5.97 Å². The average Bonchev–Trinajstić information content (AvgIpc) is 2.87. The quantitative estimate of drug-likeness (QED) is 0.465. The van der Waals surface area contributed by atoms with Gasteiger partial charge in [-0.3, -0.25) is 4.79 Å². The van der Waals surface area contributed by atoms with Gasteiger partial charge in [-0.1, -0.05) is 0 Å². The first kappa shape index (κ1) is 16.6. The van der Waals surface area contributed by atoms with E-state index in [1.54, 1.807) is 45.8 Å². The summed E-state index contributed by atoms with van der Waals surface area (Å²) < 4.78 is 6.41. The van der Waals surface area contributed by atoms with Crippen molar-refractivity contribution >= 4 is 29.3 Å². The summed E-state index contributed by atoms with van der Waals surface area (Å²) in [6.45, 7) is 0.166. The number of nitrogens with zero attached hydrogens (tertiary/aromatic N) is 2. The van der Waals surface area contributed by atoms with Crippen LogP contribution in [-0.4, -0.2) is 41.6 Å². The fourth-order valence-corrected chi connectivity index (χ4v) is 3.07. The normalized spacial score (nSPS) is 17.4. The predicted molar refractivity (Wildman–Crippen MR) is 71.0 cm³/mol. The number of hydrogen-bond donors (Lipinski definition) is 1. The number of ether oxygens (including phenoxy) is 1. The number of carbonyl (C=O) groups excluding carboxylic acids is 2. The third kappa shape index (κ3) is 3.77. The zero-order valence-corrected chi connectivity index (χ0v) is 12.6. The molecular weight excluding hydrogens is 302 g/mol. The van der Waals surface area contributed by atoms with Crippen LogP contribution in [0.15, 0.2) is 24.5 Å². The molecule has 1 aromatic rings. The number of methoxy groups -OCH3 is 1. The van der Waals surface area contributed by atoms with E-state index in [9.17, 15) is 9.59 Å². The molecule has 2 rings (SSSR count). The monoisotopic (exact) mass is 317 g/mol. The third-order valence-electron chi connectivity index (χ3n) is 2.87. The lowest BCUT2D eigenvalue weighted by molar-refractivity contribution is -0.684. The van der Waals surface area contributed by atoms with E-state index in [0.29, 0.717) is 17.3 Å². The van der Waals surface area contributed by atoms with Crippen LogP contribution in [0.25, 0.3) is 0 Å². The van der Waals surface area contributed by atoms with Crippen LogP contribution in [-0.2, 0) is 20.9 Å². The summed E-state index contributed by atoms with van der Waals surface area (Å²) in [5, 5.41) is 0. The van der Waals surface area contributed by atoms with Gasteiger partial charge in [0, 0.05) is 11.8 Å². The molecule has 0 spiro atoms. The molecule has 110 valence electrons. The Hall–Kier alpha value is -1.47. The number of hydrogen-bond acceptors (Lipinski definition) is 5. The summed E-state index contributed by atoms with van der Waals surface area (Å²) in [5.74, 6) is 0.619. The van der Waals surface area contributed by atoms with Gasteiger partial charge in [0.25, 0.3) is 5.91 Å². The highest BCUT2D eigenvalue weighted by molar-refractivity contribution is 7.99. The van der Waals surface area contributed by atoms with Crippen molar-refractivity contribution in [1.29, 1.82) is 0 Å². The molecule has 8 heteroatoms. The number of aromatic nitrogens is 1. The Balaban J connectivity index is 0.00000200. The Bertz CT molecular complexity index is 501. The molecule has 1 aliphatic rings. The molecule has 1 amide bonds. The topological polar surface area (TPSA) is 76.5 Å². The first-order chi connectivity index (χ1) is 9.11. The van der Waals surface area contributed by atoms with Gasteiger partial charge in [-0.05, 0) is 6.07 Å². The zero-order valence-electron chi connectivity index (χ0n) is 11.0. The highest BCUT2D eigenvalue weighted by atomic mass is 35.5. The summed E-state index contributed by atoms with van der Waals surface area (Å²) in [4.78, 5) is 25.3. The van der Waals surface area contributed by atoms with E-state index in [1.165, 1.54) is 7.11 Å². The van der Waals surface area contributed by atoms with E-state index < -0.39 is 6.04 Å². The van der Waals surface area contributed by atoms with Crippen LogP contribution >= 0.6 is 11.8 Å². The molecule has 0 bridgehead atoms. The van der Waals surface area contributed by atoms with E-state index in [4.69, 9.17) is 10.5 Å². The van der Waals surface area contributed by atoms with Crippen LogP contribution in [0.4, 0.5) is 5.69 Å². The summed E-state index contributed by atoms with van der Waals surface area (Å²) in [7, 11) is 1.33. The van der Waals surface area contributed by atoms with Crippen molar-refractivity contribution in [3.63, 3.8) is 0 Å². The first-order valence-electron chi connectivity index (χ1n) is 5.81. The lowest BCUT2D eigenvalue weighted by atomic mass is 10.3. The number of rotatable bonds is 3. The molecular formula is C12H16ClN3O3S. The van der Waals surface area contributed by atoms with Gasteiger partial charge in [-0.25, -0.2) is 4.79 Å². The molecule has 1 aliphatic heterocycles. The van der Waals surface area contributed by atoms with Crippen LogP contribution in [0.2, 0.25) is 0 Å². The lowest BCUT2D eigenvalue weighted by Crippen LogP contribution is -3.00. The molecule has 1 unspecified atom stereocenters. The minimum absolute atomic E-state index is 0. The van der Waals surface area contributed by atoms with Crippen LogP contribution < -0.4 is 22.7 Å². The number of thioether (sulfide) groups is 1. The molecule has 0 aromatic carbocycles. The maximum Gasteiger partial charge on any atom is 0.329 e. The van der Waals surface area contributed by atoms with Crippen molar-refractivity contribution in [2.45, 2.75) is 12.6 Å². The maximum atomic E-state index is 12.2. The SMILES string of the molecule is COC(=O)C1CSCN1C(=O)C[n+]1cccc(N)c1.[Cl-]. The molecule has 0 radical (unpaired) electrons. The Morgan fingerprint density at radius 2 is 2.35 bits per heavy atom. The highest BCUT2D eigenvalue weighted by Gasteiger charge is 2.36. The molecule has 0 aliphatic carbocycles. The second-order valence-electron chi connectivity index (χ2n) is 4.21. The number of amides is 1. The molecule has 1 atom stereocenters. The Labute approximate surface area is 127 Å². The molecule has 0 saturated carbocycles. The van der Waals surface area contributed by atoms with Crippen molar-refractivity contribution in [3.05, 3.63) is 24.5 Å². The van der Waals surface area contributed by atoms with E-state index >= 15 is 0 Å². The lowest BCUT2D eigenvalue weighted by Gasteiger charge is -2.20. The number of carbonyl (C=O) groups is 2. The van der Waals surface area contributed by atoms with Crippen molar-refractivity contribution < 1.29 is 31.3 Å². The van der Waals surface area contributed by atoms with Gasteiger partial charge in [0.05, 0.1) is 18.7 Å². The van der Waals surface area contributed by atoms with Crippen LogP contribution in [0.5, 0.6) is 0 Å². The fourth-order valence-electron chi connectivity index (χ4n) is 1.91. The number of nitrogen functional groups attached to an aromatic ring is 1. The Kier molecular flexibility index (Phi) is 6.09. The molecule has 1 fully saturated rings. The Morgan fingerprint density at radius 3 is 3.00 bits per heavy atom. The molecule has 6 nitrogen and oxygen atoms in total. The first-order valence-corrected chi connectivity index (χ1v) is 6.97. The van der Waals surface area contributed by atoms with Gasteiger partial charge < -0.3 is 27.8 Å². The van der Waals surface area contributed by atoms with Crippen molar-refractivity contribution in [2.75, 3.05) is 24.5 Å². The van der Waals surface area contributed by atoms with Crippen LogP contribution in [0.3, 0.4) is 0 Å². The molecule has 1 saturated heterocycles. The van der Waals surface area contributed by atoms with E-state index in [-0.39, 0.29) is 30.8 Å². The second-order valence-corrected chi connectivity index (χ2v) is 5.21. The van der Waals surface area contributed by atoms with Crippen LogP contribution in [0, 0.1) is 0 Å². The van der Waals surface area contributed by atoms with E-state index in [2.05, 4.69) is 0 Å². The summed E-state index contributed by atoms with van der Waals surface area (Å²) in [5.41, 5.74) is 6.25. The number of halogens is 1. The summed E-state index contributed by atoms with van der Waals surface area (Å²) >= 11 is 1.55. The largest absolute Gasteiger partial charge is 1.00 e. The Morgan fingerprint density at radius 1 is 1.60 bits per heavy atom. The minimum atomic E-state index is -0.482. The smallest absolute Gasteiger partial charge is 0.329 e. The zero-order chi connectivity index (χ0) is 13.8. The number of nitrogens with two attached hydrogens (primary N) is 1. The molecule has 20 heavy (non-hydrogen) atoms. The summed E-state index contributed by atoms with van der Waals surface area (Å²) in [6, 6.07) is 3.05. The van der Waals surface area contributed by atoms with Crippen molar-refractivity contribution in [2.24, 2.45) is 0 Å². The number of esters is 1. The van der Waals surface area contributed by atoms with E-state index in [0.717, 1.165) is 0 Å². The number of anilines is 1.